The molecule has 1 heterocycles. The van der Waals surface area contributed by atoms with Crippen LogP contribution in [0.5, 0.6) is 0 Å². The van der Waals surface area contributed by atoms with Crippen LogP contribution in [0.25, 0.3) is 0 Å². The van der Waals surface area contributed by atoms with E-state index in [0.29, 0.717) is 18.0 Å². The number of piperidine rings is 1. The lowest BCUT2D eigenvalue weighted by Gasteiger charge is -2.45. The lowest BCUT2D eigenvalue weighted by Crippen LogP contribution is -3.20. The van der Waals surface area contributed by atoms with Crippen LogP contribution in [0.3, 0.4) is 0 Å². The molecule has 94 valence electrons. The number of esters is 1. The molecule has 1 rings (SSSR count). The summed E-state index contributed by atoms with van der Waals surface area (Å²) in [5.41, 5.74) is 4.72. The first-order valence-electron chi connectivity index (χ1n) is 5.64. The third-order valence-corrected chi connectivity index (χ3v) is 3.41. The van der Waals surface area contributed by atoms with Gasteiger partial charge in [-0.2, -0.15) is 5.06 Å². The van der Waals surface area contributed by atoms with Crippen molar-refractivity contribution in [3.05, 3.63) is 0 Å². The lowest BCUT2D eigenvalue weighted by molar-refractivity contribution is -1.13. The van der Waals surface area contributed by atoms with Crippen LogP contribution in [0, 0.1) is 5.41 Å². The highest BCUT2D eigenvalue weighted by atomic mass is 16.5. The minimum Gasteiger partial charge on any atom is -0.460 e. The molecule has 5 heteroatoms. The van der Waals surface area contributed by atoms with Crippen LogP contribution in [0.15, 0.2) is 0 Å². The molecular weight excluding hydrogens is 208 g/mol. The Morgan fingerprint density at radius 1 is 1.50 bits per heavy atom. The predicted octanol–water partition coefficient (Wildman–Crippen LogP) is -0.660. The fraction of sp³-hybridized carbons (Fsp3) is 0.909. The Bertz CT molecular complexity index is 276. The number of quaternary nitrogens is 1. The van der Waals surface area contributed by atoms with Crippen LogP contribution in [-0.4, -0.2) is 35.9 Å². The Kier molecular flexibility index (Phi) is 3.62. The van der Waals surface area contributed by atoms with Crippen molar-refractivity contribution in [1.82, 2.24) is 0 Å². The van der Waals surface area contributed by atoms with E-state index in [1.807, 2.05) is 27.7 Å². The third kappa shape index (κ3) is 2.72. The fourth-order valence-electron chi connectivity index (χ4n) is 2.05. The average molecular weight is 231 g/mol. The number of hydrogen-bond donors (Lipinski definition) is 3. The maximum Gasteiger partial charge on any atom is 0.319 e. The Labute approximate surface area is 96.5 Å². The van der Waals surface area contributed by atoms with E-state index in [-0.39, 0.29) is 29.6 Å². The molecule has 1 fully saturated rings. The van der Waals surface area contributed by atoms with Crippen molar-refractivity contribution in [2.75, 3.05) is 13.1 Å². The molecule has 1 aliphatic rings. The molecule has 0 aromatic heterocycles. The Hall–Kier alpha value is -0.650. The van der Waals surface area contributed by atoms with Gasteiger partial charge in [-0.1, -0.05) is 13.8 Å². The van der Waals surface area contributed by atoms with Gasteiger partial charge in [-0.05, 0) is 13.8 Å². The highest BCUT2D eigenvalue weighted by molar-refractivity contribution is 5.71. The number of nitrogens with one attached hydrogen (secondary N) is 1. The van der Waals surface area contributed by atoms with Gasteiger partial charge in [0.1, 0.15) is 18.2 Å². The van der Waals surface area contributed by atoms with E-state index < -0.39 is 0 Å². The first-order chi connectivity index (χ1) is 7.19. The first kappa shape index (κ1) is 13.4. The van der Waals surface area contributed by atoms with Crippen LogP contribution in [-0.2, 0) is 9.53 Å². The summed E-state index contributed by atoms with van der Waals surface area (Å²) in [6, 6.07) is 0. The number of hydroxylamine groups is 2. The fourth-order valence-corrected chi connectivity index (χ4v) is 2.05. The number of carbonyl (C=O) groups excluding carboxylic acids is 1. The van der Waals surface area contributed by atoms with Crippen LogP contribution in [0.2, 0.25) is 0 Å². The van der Waals surface area contributed by atoms with Gasteiger partial charge >= 0.3 is 5.97 Å². The van der Waals surface area contributed by atoms with Gasteiger partial charge in [0.25, 0.3) is 0 Å². The number of nitrogens with two attached hydrogens (primary N) is 1. The molecule has 2 atom stereocenters. The van der Waals surface area contributed by atoms with Gasteiger partial charge in [0.15, 0.2) is 0 Å². The first-order valence-corrected chi connectivity index (χ1v) is 5.64. The van der Waals surface area contributed by atoms with Crippen molar-refractivity contribution in [3.63, 3.8) is 0 Å². The van der Waals surface area contributed by atoms with Crippen LogP contribution in [0.4, 0.5) is 0 Å². The van der Waals surface area contributed by atoms with E-state index in [9.17, 15) is 10.0 Å². The molecule has 0 spiro atoms. The van der Waals surface area contributed by atoms with Crippen molar-refractivity contribution < 1.29 is 19.8 Å². The summed E-state index contributed by atoms with van der Waals surface area (Å²) in [4.78, 5) is 11.2. The van der Waals surface area contributed by atoms with Crippen LogP contribution in [0.1, 0.15) is 34.1 Å². The number of ether oxygens (including phenoxy) is 1. The highest BCUT2D eigenvalue weighted by Crippen LogP contribution is 2.31. The summed E-state index contributed by atoms with van der Waals surface area (Å²) < 4.78 is 5.35. The normalized spacial score (nSPS) is 32.1. The zero-order valence-electron chi connectivity index (χ0n) is 10.5. The summed E-state index contributed by atoms with van der Waals surface area (Å²) in [6.45, 7) is 8.37. The molecule has 4 N–H and O–H groups in total. The molecule has 0 aliphatic carbocycles. The molecule has 0 radical (unpaired) electrons. The molecule has 0 saturated carbocycles. The van der Waals surface area contributed by atoms with Crippen molar-refractivity contribution >= 4 is 5.97 Å². The highest BCUT2D eigenvalue weighted by Gasteiger charge is 2.50. The van der Waals surface area contributed by atoms with Gasteiger partial charge in [0, 0.05) is 6.42 Å². The molecule has 1 aliphatic heterocycles. The summed E-state index contributed by atoms with van der Waals surface area (Å²) >= 11 is 0. The summed E-state index contributed by atoms with van der Waals surface area (Å²) in [7, 11) is 0. The summed E-state index contributed by atoms with van der Waals surface area (Å²) in [5.74, 6) is -0.379. The van der Waals surface area contributed by atoms with Crippen molar-refractivity contribution in [2.45, 2.75) is 45.8 Å². The monoisotopic (exact) mass is 231 g/mol. The molecular formula is C11H23N2O3+. The molecule has 16 heavy (non-hydrogen) atoms. The van der Waals surface area contributed by atoms with Crippen molar-refractivity contribution in [1.29, 1.82) is 0 Å². The largest absolute Gasteiger partial charge is 0.460 e. The molecule has 1 saturated heterocycles. The van der Waals surface area contributed by atoms with E-state index in [2.05, 4.69) is 0 Å². The van der Waals surface area contributed by atoms with Gasteiger partial charge in [-0.15, -0.1) is 0 Å². The van der Waals surface area contributed by atoms with Crippen LogP contribution < -0.4 is 10.8 Å². The Morgan fingerprint density at radius 3 is 2.56 bits per heavy atom. The van der Waals surface area contributed by atoms with E-state index in [4.69, 9.17) is 10.5 Å². The van der Waals surface area contributed by atoms with E-state index in [1.165, 1.54) is 0 Å². The third-order valence-electron chi connectivity index (χ3n) is 3.41. The zero-order chi connectivity index (χ0) is 12.6. The quantitative estimate of drug-likeness (QED) is 0.551. The minimum atomic E-state index is -0.379. The number of hydrogen-bond acceptors (Lipinski definition) is 4. The van der Waals surface area contributed by atoms with Gasteiger partial charge in [-0.25, -0.2) is 5.21 Å². The predicted molar refractivity (Wildman–Crippen MR) is 59.0 cm³/mol. The van der Waals surface area contributed by atoms with E-state index in [0.717, 1.165) is 0 Å². The zero-order valence-corrected chi connectivity index (χ0v) is 10.5. The molecule has 0 bridgehead atoms. The van der Waals surface area contributed by atoms with E-state index >= 15 is 0 Å². The van der Waals surface area contributed by atoms with E-state index in [1.54, 1.807) is 0 Å². The molecule has 2 unspecified atom stereocenters. The lowest BCUT2D eigenvalue weighted by atomic mass is 9.75. The second-order valence-corrected chi connectivity index (χ2v) is 5.88. The molecule has 0 aromatic rings. The maximum atomic E-state index is 11.2. The number of rotatable bonds is 2. The maximum absolute atomic E-state index is 11.2. The Balaban J connectivity index is 2.78. The van der Waals surface area contributed by atoms with Crippen molar-refractivity contribution in [3.8, 4) is 0 Å². The average Bonchev–Trinajstić information content (AvgIpc) is 2.13. The standard InChI is InChI=1S/C11H22N2O3/c1-10(2)7-13(15)11(3,4)5-8(10)16-9(14)6-12/h8,15H,5-7,12H2,1-4H3/p+1. The summed E-state index contributed by atoms with van der Waals surface area (Å²) in [6.07, 6.45) is 0.451. The number of carbonyl (C=O) groups is 1. The van der Waals surface area contributed by atoms with Gasteiger partial charge in [0.05, 0.1) is 12.0 Å². The second kappa shape index (κ2) is 4.31. The Morgan fingerprint density at radius 2 is 2.06 bits per heavy atom. The minimum absolute atomic E-state index is 0.0945. The molecule has 0 aromatic carbocycles. The van der Waals surface area contributed by atoms with Gasteiger partial charge in [-0.3, -0.25) is 4.79 Å². The van der Waals surface area contributed by atoms with Crippen molar-refractivity contribution in [2.24, 2.45) is 11.1 Å². The van der Waals surface area contributed by atoms with Gasteiger partial charge in [0.2, 0.25) is 0 Å². The second-order valence-electron chi connectivity index (χ2n) is 5.88. The summed E-state index contributed by atoms with van der Waals surface area (Å²) in [5, 5.41) is 10.4. The topological polar surface area (TPSA) is 77.0 Å². The molecule has 0 amide bonds. The van der Waals surface area contributed by atoms with Crippen LogP contribution >= 0.6 is 0 Å². The molecule has 5 nitrogen and oxygen atoms in total. The smallest absolute Gasteiger partial charge is 0.319 e. The SMILES string of the molecule is CC1(C)C[NH+](O)C(C)(C)CC1OC(=O)CN. The van der Waals surface area contributed by atoms with Gasteiger partial charge < -0.3 is 10.5 Å².